The lowest BCUT2D eigenvalue weighted by Crippen LogP contribution is -1.85. The van der Waals surface area contributed by atoms with Crippen LogP contribution in [-0.2, 0) is 0 Å². The zero-order valence-corrected chi connectivity index (χ0v) is 7.45. The third-order valence-electron chi connectivity index (χ3n) is 1.72. The van der Waals surface area contributed by atoms with E-state index in [2.05, 4.69) is 4.98 Å². The number of nitrogens with two attached hydrogens (primary N) is 1. The minimum atomic E-state index is 0.522. The number of benzene rings is 1. The van der Waals surface area contributed by atoms with Crippen LogP contribution in [0.4, 0.5) is 5.69 Å². The molecule has 2 aromatic rings. The zero-order chi connectivity index (χ0) is 9.26. The average Bonchev–Trinajstić information content (AvgIpc) is 2.62. The van der Waals surface area contributed by atoms with E-state index in [4.69, 9.17) is 21.8 Å². The van der Waals surface area contributed by atoms with Crippen molar-refractivity contribution < 1.29 is 4.42 Å². The number of hydrogen-bond acceptors (Lipinski definition) is 3. The van der Waals surface area contributed by atoms with Crippen molar-refractivity contribution in [1.29, 1.82) is 0 Å². The van der Waals surface area contributed by atoms with Crippen LogP contribution in [0.5, 0.6) is 0 Å². The molecule has 0 spiro atoms. The maximum Gasteiger partial charge on any atom is 0.181 e. The van der Waals surface area contributed by atoms with E-state index in [-0.39, 0.29) is 0 Å². The quantitative estimate of drug-likeness (QED) is 0.710. The Morgan fingerprint density at radius 1 is 1.38 bits per heavy atom. The number of nitrogens with zero attached hydrogens (tertiary/aromatic N) is 1. The minimum Gasteiger partial charge on any atom is -0.444 e. The molecule has 2 rings (SSSR count). The highest BCUT2D eigenvalue weighted by Crippen LogP contribution is 2.26. The highest BCUT2D eigenvalue weighted by Gasteiger charge is 2.03. The summed E-state index contributed by atoms with van der Waals surface area (Å²) in [5.74, 6) is 0.682. The van der Waals surface area contributed by atoms with Crippen molar-refractivity contribution in [2.75, 3.05) is 5.73 Å². The van der Waals surface area contributed by atoms with Gasteiger partial charge in [0.15, 0.2) is 12.2 Å². The highest BCUT2D eigenvalue weighted by molar-refractivity contribution is 6.33. The lowest BCUT2D eigenvalue weighted by Gasteiger charge is -1.99. The Morgan fingerprint density at radius 3 is 2.85 bits per heavy atom. The fourth-order valence-corrected chi connectivity index (χ4v) is 1.22. The van der Waals surface area contributed by atoms with Gasteiger partial charge >= 0.3 is 0 Å². The van der Waals surface area contributed by atoms with E-state index in [0.29, 0.717) is 16.5 Å². The molecule has 0 saturated carbocycles. The molecule has 1 aromatic heterocycles. The summed E-state index contributed by atoms with van der Waals surface area (Å²) < 4.78 is 5.10. The van der Waals surface area contributed by atoms with Crippen LogP contribution in [0.3, 0.4) is 0 Å². The summed E-state index contributed by atoms with van der Waals surface area (Å²) in [6.07, 6.45) is 3.00. The second-order valence-corrected chi connectivity index (χ2v) is 3.01. The molecule has 0 radical (unpaired) electrons. The van der Waals surface area contributed by atoms with Gasteiger partial charge in [0.25, 0.3) is 0 Å². The first kappa shape index (κ1) is 8.13. The van der Waals surface area contributed by atoms with Crippen molar-refractivity contribution in [2.24, 2.45) is 0 Å². The summed E-state index contributed by atoms with van der Waals surface area (Å²) in [5.41, 5.74) is 7.00. The first-order chi connectivity index (χ1) is 6.27. The standard InChI is InChI=1S/C9H7ClN2O/c10-7-3-6(1-2-8(7)11)9-4-12-5-13-9/h1-5H,11H2. The predicted molar refractivity (Wildman–Crippen MR) is 51.4 cm³/mol. The summed E-state index contributed by atoms with van der Waals surface area (Å²) in [5, 5.41) is 0.522. The normalized spacial score (nSPS) is 10.2. The van der Waals surface area contributed by atoms with Crippen molar-refractivity contribution >= 4 is 17.3 Å². The third-order valence-corrected chi connectivity index (χ3v) is 2.04. The van der Waals surface area contributed by atoms with Gasteiger partial charge in [0.2, 0.25) is 0 Å². The summed E-state index contributed by atoms with van der Waals surface area (Å²) in [4.78, 5) is 3.81. The summed E-state index contributed by atoms with van der Waals surface area (Å²) in [6, 6.07) is 5.32. The van der Waals surface area contributed by atoms with Gasteiger partial charge < -0.3 is 10.2 Å². The van der Waals surface area contributed by atoms with Crippen LogP contribution in [-0.4, -0.2) is 4.98 Å². The molecule has 1 aromatic carbocycles. The first-order valence-electron chi connectivity index (χ1n) is 3.71. The molecule has 0 fully saturated rings. The first-order valence-corrected chi connectivity index (χ1v) is 4.09. The molecule has 0 unspecified atom stereocenters. The third kappa shape index (κ3) is 1.51. The van der Waals surface area contributed by atoms with Crippen LogP contribution in [0.1, 0.15) is 0 Å². The van der Waals surface area contributed by atoms with Gasteiger partial charge in [0, 0.05) is 5.56 Å². The predicted octanol–water partition coefficient (Wildman–Crippen LogP) is 2.58. The van der Waals surface area contributed by atoms with Gasteiger partial charge in [0.1, 0.15) is 0 Å². The molecule has 0 bridgehead atoms. The van der Waals surface area contributed by atoms with Gasteiger partial charge in [0.05, 0.1) is 16.9 Å². The Morgan fingerprint density at radius 2 is 2.23 bits per heavy atom. The van der Waals surface area contributed by atoms with Crippen LogP contribution in [0.15, 0.2) is 35.2 Å². The summed E-state index contributed by atoms with van der Waals surface area (Å²) >= 11 is 5.84. The monoisotopic (exact) mass is 194 g/mol. The fraction of sp³-hybridized carbons (Fsp3) is 0. The molecule has 0 atom stereocenters. The number of hydrogen-bond donors (Lipinski definition) is 1. The molecule has 0 aliphatic rings. The van der Waals surface area contributed by atoms with E-state index in [1.54, 1.807) is 18.3 Å². The van der Waals surface area contributed by atoms with Gasteiger partial charge in [-0.15, -0.1) is 0 Å². The summed E-state index contributed by atoms with van der Waals surface area (Å²) in [7, 11) is 0. The smallest absolute Gasteiger partial charge is 0.181 e. The maximum absolute atomic E-state index is 5.84. The van der Waals surface area contributed by atoms with Crippen molar-refractivity contribution in [1.82, 2.24) is 4.98 Å². The molecule has 3 nitrogen and oxygen atoms in total. The molecule has 0 amide bonds. The Hall–Kier alpha value is -1.48. The van der Waals surface area contributed by atoms with Gasteiger partial charge in [-0.3, -0.25) is 0 Å². The highest BCUT2D eigenvalue weighted by atomic mass is 35.5. The fourth-order valence-electron chi connectivity index (χ4n) is 1.04. The molecule has 66 valence electrons. The van der Waals surface area contributed by atoms with Crippen LogP contribution in [0.25, 0.3) is 11.3 Å². The van der Waals surface area contributed by atoms with Crippen LogP contribution in [0.2, 0.25) is 5.02 Å². The van der Waals surface area contributed by atoms with Crippen molar-refractivity contribution in [3.63, 3.8) is 0 Å². The van der Waals surface area contributed by atoms with Crippen LogP contribution < -0.4 is 5.73 Å². The van der Waals surface area contributed by atoms with E-state index in [1.165, 1.54) is 6.39 Å². The number of oxazole rings is 1. The molecule has 2 N–H and O–H groups in total. The maximum atomic E-state index is 5.84. The second kappa shape index (κ2) is 3.11. The molecule has 1 heterocycles. The van der Waals surface area contributed by atoms with Crippen molar-refractivity contribution in [3.8, 4) is 11.3 Å². The number of rotatable bonds is 1. The Balaban J connectivity index is 2.49. The molecular weight excluding hydrogens is 188 g/mol. The average molecular weight is 195 g/mol. The molecule has 0 saturated heterocycles. The Bertz CT molecular complexity index is 412. The Kier molecular flexibility index (Phi) is 1.94. The van der Waals surface area contributed by atoms with E-state index >= 15 is 0 Å². The van der Waals surface area contributed by atoms with Crippen molar-refractivity contribution in [3.05, 3.63) is 35.8 Å². The molecule has 0 aliphatic heterocycles. The van der Waals surface area contributed by atoms with Gasteiger partial charge in [-0.05, 0) is 18.2 Å². The molecular formula is C9H7ClN2O. The van der Waals surface area contributed by atoms with Crippen LogP contribution >= 0.6 is 11.6 Å². The van der Waals surface area contributed by atoms with Gasteiger partial charge in [-0.1, -0.05) is 11.6 Å². The Labute approximate surface area is 80.1 Å². The van der Waals surface area contributed by atoms with E-state index in [1.807, 2.05) is 6.07 Å². The number of nitrogen functional groups attached to an aromatic ring is 1. The lowest BCUT2D eigenvalue weighted by atomic mass is 10.2. The topological polar surface area (TPSA) is 52.0 Å². The molecule has 4 heteroatoms. The van der Waals surface area contributed by atoms with E-state index < -0.39 is 0 Å². The lowest BCUT2D eigenvalue weighted by molar-refractivity contribution is 0.572. The number of anilines is 1. The number of aromatic nitrogens is 1. The largest absolute Gasteiger partial charge is 0.444 e. The molecule has 0 aliphatic carbocycles. The summed E-state index contributed by atoms with van der Waals surface area (Å²) in [6.45, 7) is 0. The van der Waals surface area contributed by atoms with Gasteiger partial charge in [-0.25, -0.2) is 4.98 Å². The second-order valence-electron chi connectivity index (χ2n) is 2.60. The van der Waals surface area contributed by atoms with Gasteiger partial charge in [-0.2, -0.15) is 0 Å². The zero-order valence-electron chi connectivity index (χ0n) is 6.70. The SMILES string of the molecule is Nc1ccc(-c2cnco2)cc1Cl. The van der Waals surface area contributed by atoms with E-state index in [0.717, 1.165) is 5.56 Å². The number of halogens is 1. The van der Waals surface area contributed by atoms with Crippen molar-refractivity contribution in [2.45, 2.75) is 0 Å². The van der Waals surface area contributed by atoms with Crippen LogP contribution in [0, 0.1) is 0 Å². The van der Waals surface area contributed by atoms with E-state index in [9.17, 15) is 0 Å². The minimum absolute atomic E-state index is 0.522. The molecule has 13 heavy (non-hydrogen) atoms.